The number of benzene rings is 1. The zero-order valence-corrected chi connectivity index (χ0v) is 18.6. The van der Waals surface area contributed by atoms with Gasteiger partial charge >= 0.3 is 6.03 Å². The van der Waals surface area contributed by atoms with Crippen molar-refractivity contribution in [2.45, 2.75) is 38.1 Å². The largest absolute Gasteiger partial charge is 0.368 e. The van der Waals surface area contributed by atoms with E-state index in [2.05, 4.69) is 44.8 Å². The normalized spacial score (nSPS) is 23.3. The first-order chi connectivity index (χ1) is 14.1. The van der Waals surface area contributed by atoms with Crippen LogP contribution in [0.2, 0.25) is 0 Å². The number of carbonyl (C=O) groups is 1. The van der Waals surface area contributed by atoms with Crippen molar-refractivity contribution < 1.29 is 4.79 Å². The number of nitrogens with zero attached hydrogens (tertiary/aromatic N) is 3. The van der Waals surface area contributed by atoms with Gasteiger partial charge in [-0.1, -0.05) is 12.1 Å². The Morgan fingerprint density at radius 1 is 1.10 bits per heavy atom. The van der Waals surface area contributed by atoms with E-state index in [-0.39, 0.29) is 6.03 Å². The molecule has 2 fully saturated rings. The molecule has 158 valence electrons. The molecule has 2 aromatic rings. The summed E-state index contributed by atoms with van der Waals surface area (Å²) in [5, 5.41) is 6.71. The zero-order valence-electron chi connectivity index (χ0n) is 17.8. The highest BCUT2D eigenvalue weighted by molar-refractivity contribution is 7.17. The number of amides is 2. The lowest BCUT2D eigenvalue weighted by molar-refractivity contribution is 0.194. The Labute approximate surface area is 178 Å². The monoisotopic (exact) mass is 414 g/mol. The Balaban J connectivity index is 1.18. The number of rotatable bonds is 5. The summed E-state index contributed by atoms with van der Waals surface area (Å²) < 4.78 is 1.43. The Morgan fingerprint density at radius 2 is 1.86 bits per heavy atom. The first kappa shape index (κ1) is 20.5. The fourth-order valence-electron chi connectivity index (χ4n) is 4.70. The van der Waals surface area contributed by atoms with Gasteiger partial charge in [0.15, 0.2) is 0 Å². The average Bonchev–Trinajstić information content (AvgIpc) is 3.22. The molecule has 5 nitrogen and oxygen atoms in total. The molecule has 1 saturated heterocycles. The van der Waals surface area contributed by atoms with Crippen LogP contribution in [0.25, 0.3) is 10.1 Å². The highest BCUT2D eigenvalue weighted by atomic mass is 32.1. The SMILES string of the molecule is CN(C)C(=O)N[C@H]1CC[C@H](CCN2CCN(c3cccc4ccsc34)CC2)CC1. The molecular formula is C23H34N4OS. The van der Waals surface area contributed by atoms with Crippen molar-refractivity contribution in [3.8, 4) is 0 Å². The minimum Gasteiger partial charge on any atom is -0.368 e. The lowest BCUT2D eigenvalue weighted by Crippen LogP contribution is -2.47. The number of hydrogen-bond donors (Lipinski definition) is 1. The fraction of sp³-hybridized carbons (Fsp3) is 0.609. The van der Waals surface area contributed by atoms with E-state index in [9.17, 15) is 4.79 Å². The summed E-state index contributed by atoms with van der Waals surface area (Å²) in [4.78, 5) is 18.7. The molecule has 1 N–H and O–H groups in total. The van der Waals surface area contributed by atoms with Crippen molar-refractivity contribution in [2.24, 2.45) is 5.92 Å². The number of thiophene rings is 1. The van der Waals surface area contributed by atoms with Crippen LogP contribution in [0.4, 0.5) is 10.5 Å². The van der Waals surface area contributed by atoms with E-state index in [1.807, 2.05) is 25.4 Å². The van der Waals surface area contributed by atoms with Gasteiger partial charge in [-0.3, -0.25) is 4.90 Å². The van der Waals surface area contributed by atoms with Crippen LogP contribution in [-0.4, -0.2) is 68.7 Å². The third-order valence-electron chi connectivity index (χ3n) is 6.61. The summed E-state index contributed by atoms with van der Waals surface area (Å²) >= 11 is 1.86. The summed E-state index contributed by atoms with van der Waals surface area (Å²) in [6.45, 7) is 5.79. The topological polar surface area (TPSA) is 38.8 Å². The zero-order chi connectivity index (χ0) is 20.2. The van der Waals surface area contributed by atoms with E-state index in [1.54, 1.807) is 4.90 Å². The molecule has 2 aliphatic rings. The quantitative estimate of drug-likeness (QED) is 0.795. The van der Waals surface area contributed by atoms with Crippen LogP contribution in [0, 0.1) is 5.92 Å². The Bertz CT molecular complexity index is 804. The summed E-state index contributed by atoms with van der Waals surface area (Å²) in [6.07, 6.45) is 6.05. The smallest absolute Gasteiger partial charge is 0.317 e. The third-order valence-corrected chi connectivity index (χ3v) is 7.56. The Kier molecular flexibility index (Phi) is 6.60. The van der Waals surface area contributed by atoms with Crippen LogP contribution < -0.4 is 10.2 Å². The van der Waals surface area contributed by atoms with E-state index in [4.69, 9.17) is 0 Å². The summed E-state index contributed by atoms with van der Waals surface area (Å²) in [5.74, 6) is 0.820. The molecule has 1 aliphatic heterocycles. The third kappa shape index (κ3) is 5.04. The molecule has 1 aromatic heterocycles. The molecule has 29 heavy (non-hydrogen) atoms. The fourth-order valence-corrected chi connectivity index (χ4v) is 5.64. The van der Waals surface area contributed by atoms with Gasteiger partial charge in [-0.25, -0.2) is 4.79 Å². The van der Waals surface area contributed by atoms with Gasteiger partial charge in [-0.15, -0.1) is 11.3 Å². The summed E-state index contributed by atoms with van der Waals surface area (Å²) in [6, 6.07) is 9.32. The second kappa shape index (κ2) is 9.35. The molecule has 0 spiro atoms. The van der Waals surface area contributed by atoms with Gasteiger partial charge in [0.1, 0.15) is 0 Å². The van der Waals surface area contributed by atoms with Gasteiger partial charge < -0.3 is 15.1 Å². The number of anilines is 1. The molecule has 1 aliphatic carbocycles. The van der Waals surface area contributed by atoms with Crippen molar-refractivity contribution in [2.75, 3.05) is 51.7 Å². The van der Waals surface area contributed by atoms with Crippen LogP contribution in [0.5, 0.6) is 0 Å². The van der Waals surface area contributed by atoms with Crippen LogP contribution in [0.1, 0.15) is 32.1 Å². The molecule has 1 aromatic carbocycles. The predicted octanol–water partition coefficient (Wildman–Crippen LogP) is 4.24. The van der Waals surface area contributed by atoms with E-state index >= 15 is 0 Å². The number of carbonyl (C=O) groups excluding carboxylic acids is 1. The van der Waals surface area contributed by atoms with Crippen LogP contribution in [-0.2, 0) is 0 Å². The average molecular weight is 415 g/mol. The number of hydrogen-bond acceptors (Lipinski definition) is 4. The molecule has 0 radical (unpaired) electrons. The van der Waals surface area contributed by atoms with Crippen molar-refractivity contribution in [3.05, 3.63) is 29.6 Å². The number of piperazine rings is 1. The first-order valence-electron chi connectivity index (χ1n) is 11.0. The molecule has 2 heterocycles. The second-order valence-electron chi connectivity index (χ2n) is 8.80. The number of urea groups is 1. The summed E-state index contributed by atoms with van der Waals surface area (Å²) in [5.41, 5.74) is 1.41. The predicted molar refractivity (Wildman–Crippen MR) is 123 cm³/mol. The van der Waals surface area contributed by atoms with Gasteiger partial charge in [0.05, 0.1) is 10.4 Å². The minimum atomic E-state index is 0.0459. The molecule has 0 bridgehead atoms. The Morgan fingerprint density at radius 3 is 2.59 bits per heavy atom. The summed E-state index contributed by atoms with van der Waals surface area (Å²) in [7, 11) is 3.61. The highest BCUT2D eigenvalue weighted by Gasteiger charge is 2.24. The van der Waals surface area contributed by atoms with Gasteiger partial charge in [-0.05, 0) is 67.5 Å². The van der Waals surface area contributed by atoms with Gasteiger partial charge in [-0.2, -0.15) is 0 Å². The van der Waals surface area contributed by atoms with Crippen molar-refractivity contribution in [3.63, 3.8) is 0 Å². The molecule has 4 rings (SSSR count). The second-order valence-corrected chi connectivity index (χ2v) is 9.71. The Hall–Kier alpha value is -1.79. The van der Waals surface area contributed by atoms with Crippen LogP contribution >= 0.6 is 11.3 Å². The van der Waals surface area contributed by atoms with Crippen LogP contribution in [0.3, 0.4) is 0 Å². The molecule has 2 amide bonds. The van der Waals surface area contributed by atoms with E-state index in [0.29, 0.717) is 6.04 Å². The maximum absolute atomic E-state index is 11.8. The van der Waals surface area contributed by atoms with Crippen molar-refractivity contribution in [1.29, 1.82) is 0 Å². The lowest BCUT2D eigenvalue weighted by Gasteiger charge is -2.37. The number of fused-ring (bicyclic) bond motifs is 1. The van der Waals surface area contributed by atoms with Crippen molar-refractivity contribution >= 4 is 33.1 Å². The van der Waals surface area contributed by atoms with Gasteiger partial charge in [0.2, 0.25) is 0 Å². The molecule has 6 heteroatoms. The highest BCUT2D eigenvalue weighted by Crippen LogP contribution is 2.32. The van der Waals surface area contributed by atoms with Gasteiger partial charge in [0, 0.05) is 46.3 Å². The van der Waals surface area contributed by atoms with Gasteiger partial charge in [0.25, 0.3) is 0 Å². The minimum absolute atomic E-state index is 0.0459. The molecule has 1 saturated carbocycles. The van der Waals surface area contributed by atoms with Crippen LogP contribution in [0.15, 0.2) is 29.6 Å². The lowest BCUT2D eigenvalue weighted by atomic mass is 9.84. The standard InChI is InChI=1S/C23H34N4OS/c1-25(2)23(28)24-20-8-6-18(7-9-20)10-12-26-13-15-27(16-14-26)21-5-3-4-19-11-17-29-22(19)21/h3-5,11,17-18,20H,6-10,12-16H2,1-2H3,(H,24,28)/t18-,20-. The van der Waals surface area contributed by atoms with E-state index < -0.39 is 0 Å². The number of nitrogens with one attached hydrogen (secondary N) is 1. The maximum atomic E-state index is 11.8. The first-order valence-corrected chi connectivity index (χ1v) is 11.9. The molecule has 0 atom stereocenters. The van der Waals surface area contributed by atoms with E-state index in [0.717, 1.165) is 44.9 Å². The molecule has 0 unspecified atom stereocenters. The maximum Gasteiger partial charge on any atom is 0.317 e. The van der Waals surface area contributed by atoms with Crippen molar-refractivity contribution in [1.82, 2.24) is 15.1 Å². The molecular weight excluding hydrogens is 380 g/mol. The van der Waals surface area contributed by atoms with E-state index in [1.165, 1.54) is 41.6 Å².